The number of halogens is 1. The van der Waals surface area contributed by atoms with Crippen LogP contribution in [0.25, 0.3) is 11.0 Å². The van der Waals surface area contributed by atoms with Gasteiger partial charge in [-0.1, -0.05) is 17.7 Å². The third-order valence-corrected chi connectivity index (χ3v) is 6.11. The number of hydrogen-bond donors (Lipinski definition) is 2. The molecule has 2 amide bonds. The third-order valence-electron chi connectivity index (χ3n) is 5.87. The Labute approximate surface area is 201 Å². The zero-order chi connectivity index (χ0) is 23.7. The van der Waals surface area contributed by atoms with Gasteiger partial charge in [-0.2, -0.15) is 0 Å². The van der Waals surface area contributed by atoms with Crippen LogP contribution in [0.4, 0.5) is 0 Å². The molecule has 1 aliphatic rings. The van der Waals surface area contributed by atoms with E-state index >= 15 is 0 Å². The Hall–Kier alpha value is -3.84. The summed E-state index contributed by atoms with van der Waals surface area (Å²) < 4.78 is 11.7. The van der Waals surface area contributed by atoms with Crippen LogP contribution < -0.4 is 15.4 Å². The molecule has 0 saturated carbocycles. The molecule has 172 valence electrons. The summed E-state index contributed by atoms with van der Waals surface area (Å²) in [7, 11) is 1.56. The van der Waals surface area contributed by atoms with Gasteiger partial charge in [0, 0.05) is 35.8 Å². The van der Waals surface area contributed by atoms with Gasteiger partial charge in [-0.25, -0.2) is 0 Å². The molecular formula is C26H22ClN3O4. The fourth-order valence-corrected chi connectivity index (χ4v) is 4.35. The minimum atomic E-state index is -0.276. The molecule has 0 radical (unpaired) electrons. The van der Waals surface area contributed by atoms with E-state index in [9.17, 15) is 9.59 Å². The van der Waals surface area contributed by atoms with Gasteiger partial charge < -0.3 is 19.8 Å². The van der Waals surface area contributed by atoms with Gasteiger partial charge in [0.2, 0.25) is 0 Å². The molecule has 1 aliphatic carbocycles. The highest BCUT2D eigenvalue weighted by atomic mass is 35.5. The molecule has 0 aliphatic heterocycles. The molecule has 2 aromatic carbocycles. The summed E-state index contributed by atoms with van der Waals surface area (Å²) in [5.41, 5.74) is 3.26. The Bertz CT molecular complexity index is 1400. The number of fused-ring (bicyclic) bond motifs is 2. The van der Waals surface area contributed by atoms with E-state index < -0.39 is 0 Å². The lowest BCUT2D eigenvalue weighted by molar-refractivity contribution is 0.0906. The van der Waals surface area contributed by atoms with E-state index in [1.807, 2.05) is 18.2 Å². The fraction of sp³-hybridized carbons (Fsp3) is 0.192. The molecule has 1 atom stereocenters. The fourth-order valence-electron chi connectivity index (χ4n) is 4.17. The quantitative estimate of drug-likeness (QED) is 0.427. The number of aryl methyl sites for hydroxylation is 1. The molecule has 2 heterocycles. The van der Waals surface area contributed by atoms with E-state index in [0.29, 0.717) is 28.5 Å². The topological polar surface area (TPSA) is 93.5 Å². The van der Waals surface area contributed by atoms with Crippen molar-refractivity contribution in [2.75, 3.05) is 7.05 Å². The lowest BCUT2D eigenvalue weighted by atomic mass is 9.88. The first-order chi connectivity index (χ1) is 16.5. The largest absolute Gasteiger partial charge is 0.457 e. The zero-order valence-electron chi connectivity index (χ0n) is 18.4. The van der Waals surface area contributed by atoms with Crippen molar-refractivity contribution < 1.29 is 18.7 Å². The molecule has 0 saturated heterocycles. The van der Waals surface area contributed by atoms with Crippen LogP contribution in [-0.4, -0.2) is 29.9 Å². The standard InChI is InChI=1S/C26H22ClN3O4/c1-28-25(31)22-14-21(8-9-29-22)33-20-6-3-15-2-5-19(11-16(15)12-20)30-26(32)24-13-17-10-18(27)4-7-23(17)34-24/h3-4,6-10,12-14,19H,2,5,11H2,1H3,(H,28,31)(H,30,32). The first-order valence-corrected chi connectivity index (χ1v) is 11.3. The molecule has 2 N–H and O–H groups in total. The Balaban J connectivity index is 1.28. The summed E-state index contributed by atoms with van der Waals surface area (Å²) in [5.74, 6) is 0.937. The lowest BCUT2D eigenvalue weighted by Crippen LogP contribution is -2.38. The number of rotatable bonds is 5. The predicted molar refractivity (Wildman–Crippen MR) is 129 cm³/mol. The third kappa shape index (κ3) is 4.61. The van der Waals surface area contributed by atoms with Crippen molar-refractivity contribution in [3.8, 4) is 11.5 Å². The SMILES string of the molecule is CNC(=O)c1cc(Oc2ccc3c(c2)CC(NC(=O)c2cc4cc(Cl)ccc4o2)CC3)ccn1. The molecule has 7 nitrogen and oxygen atoms in total. The van der Waals surface area contributed by atoms with Gasteiger partial charge in [-0.3, -0.25) is 14.6 Å². The number of aromatic nitrogens is 1. The van der Waals surface area contributed by atoms with Crippen LogP contribution in [0.1, 0.15) is 38.6 Å². The molecule has 0 spiro atoms. The van der Waals surface area contributed by atoms with Crippen molar-refractivity contribution in [3.05, 3.63) is 88.4 Å². The molecule has 0 fully saturated rings. The number of amides is 2. The summed E-state index contributed by atoms with van der Waals surface area (Å²) in [4.78, 5) is 28.7. The number of ether oxygens (including phenoxy) is 1. The van der Waals surface area contributed by atoms with Crippen molar-refractivity contribution >= 4 is 34.4 Å². The highest BCUT2D eigenvalue weighted by Crippen LogP contribution is 2.29. The van der Waals surface area contributed by atoms with Crippen molar-refractivity contribution in [1.29, 1.82) is 0 Å². The molecule has 0 bridgehead atoms. The summed E-state index contributed by atoms with van der Waals surface area (Å²) in [6.45, 7) is 0. The van der Waals surface area contributed by atoms with Gasteiger partial charge in [-0.15, -0.1) is 0 Å². The minimum Gasteiger partial charge on any atom is -0.457 e. The van der Waals surface area contributed by atoms with Gasteiger partial charge in [0.1, 0.15) is 22.8 Å². The molecule has 34 heavy (non-hydrogen) atoms. The summed E-state index contributed by atoms with van der Waals surface area (Å²) in [6.07, 6.45) is 3.91. The van der Waals surface area contributed by atoms with Gasteiger partial charge in [0.15, 0.2) is 5.76 Å². The van der Waals surface area contributed by atoms with E-state index in [1.54, 1.807) is 43.4 Å². The van der Waals surface area contributed by atoms with Crippen LogP contribution in [0.15, 0.2) is 65.2 Å². The van der Waals surface area contributed by atoms with E-state index in [-0.39, 0.29) is 29.3 Å². The molecule has 4 aromatic rings. The highest BCUT2D eigenvalue weighted by molar-refractivity contribution is 6.31. The van der Waals surface area contributed by atoms with E-state index in [2.05, 4.69) is 15.6 Å². The Morgan fingerprint density at radius 1 is 1.03 bits per heavy atom. The smallest absolute Gasteiger partial charge is 0.287 e. The average Bonchev–Trinajstić information content (AvgIpc) is 3.27. The van der Waals surface area contributed by atoms with Gasteiger partial charge >= 0.3 is 0 Å². The highest BCUT2D eigenvalue weighted by Gasteiger charge is 2.23. The minimum absolute atomic E-state index is 0.0205. The van der Waals surface area contributed by atoms with Crippen molar-refractivity contribution in [1.82, 2.24) is 15.6 Å². The number of pyridine rings is 1. The van der Waals surface area contributed by atoms with Gasteiger partial charge in [0.05, 0.1) is 0 Å². The maximum Gasteiger partial charge on any atom is 0.287 e. The summed E-state index contributed by atoms with van der Waals surface area (Å²) in [5, 5.41) is 7.03. The number of nitrogens with zero attached hydrogens (tertiary/aromatic N) is 1. The number of benzene rings is 2. The maximum atomic E-state index is 12.8. The number of carbonyl (C=O) groups is 2. The molecule has 5 rings (SSSR count). The average molecular weight is 476 g/mol. The zero-order valence-corrected chi connectivity index (χ0v) is 19.2. The maximum absolute atomic E-state index is 12.8. The van der Waals surface area contributed by atoms with E-state index in [4.69, 9.17) is 20.8 Å². The molecule has 8 heteroatoms. The second-order valence-electron chi connectivity index (χ2n) is 8.19. The summed E-state index contributed by atoms with van der Waals surface area (Å²) in [6, 6.07) is 16.2. The van der Waals surface area contributed by atoms with E-state index in [0.717, 1.165) is 23.8 Å². The van der Waals surface area contributed by atoms with Crippen LogP contribution >= 0.6 is 11.6 Å². The van der Waals surface area contributed by atoms with E-state index in [1.165, 1.54) is 11.8 Å². The van der Waals surface area contributed by atoms with Crippen molar-refractivity contribution in [2.24, 2.45) is 0 Å². The van der Waals surface area contributed by atoms with Gasteiger partial charge in [0.25, 0.3) is 11.8 Å². The Kier molecular flexibility index (Phi) is 5.94. The number of furan rings is 1. The number of hydrogen-bond acceptors (Lipinski definition) is 5. The first-order valence-electron chi connectivity index (χ1n) is 11.0. The lowest BCUT2D eigenvalue weighted by Gasteiger charge is -2.25. The van der Waals surface area contributed by atoms with Crippen molar-refractivity contribution in [3.63, 3.8) is 0 Å². The van der Waals surface area contributed by atoms with Crippen LogP contribution in [0.5, 0.6) is 11.5 Å². The summed E-state index contributed by atoms with van der Waals surface area (Å²) >= 11 is 6.03. The normalized spacial score (nSPS) is 14.9. The Morgan fingerprint density at radius 2 is 1.88 bits per heavy atom. The van der Waals surface area contributed by atoms with Crippen molar-refractivity contribution in [2.45, 2.75) is 25.3 Å². The number of carbonyl (C=O) groups excluding carboxylic acids is 2. The van der Waals surface area contributed by atoms with Gasteiger partial charge in [-0.05, 0) is 72.9 Å². The monoisotopic (exact) mass is 475 g/mol. The molecule has 2 aromatic heterocycles. The van der Waals surface area contributed by atoms with Crippen LogP contribution in [0, 0.1) is 0 Å². The van der Waals surface area contributed by atoms with Crippen LogP contribution in [-0.2, 0) is 12.8 Å². The van der Waals surface area contributed by atoms with Crippen LogP contribution in [0.2, 0.25) is 5.02 Å². The Morgan fingerprint density at radius 3 is 2.74 bits per heavy atom. The first kappa shape index (κ1) is 22.0. The second kappa shape index (κ2) is 9.19. The predicted octanol–water partition coefficient (Wildman–Crippen LogP) is 4.92. The van der Waals surface area contributed by atoms with Crippen LogP contribution in [0.3, 0.4) is 0 Å². The molecular weight excluding hydrogens is 454 g/mol. The second-order valence-corrected chi connectivity index (χ2v) is 8.63. The number of nitrogens with one attached hydrogen (secondary N) is 2. The molecule has 1 unspecified atom stereocenters.